The van der Waals surface area contributed by atoms with Crippen LogP contribution in [0.4, 0.5) is 5.82 Å². The van der Waals surface area contributed by atoms with Crippen molar-refractivity contribution in [2.45, 2.75) is 38.1 Å². The average molecular weight is 362 g/mol. The number of rotatable bonds is 2. The molecule has 0 unspecified atom stereocenters. The van der Waals surface area contributed by atoms with Crippen LogP contribution in [0.2, 0.25) is 0 Å². The first kappa shape index (κ1) is 13.7. The van der Waals surface area contributed by atoms with Crippen LogP contribution >= 0.6 is 15.9 Å². The summed E-state index contributed by atoms with van der Waals surface area (Å²) in [6, 6.07) is 2.41. The topological polar surface area (TPSA) is 86.9 Å². The Balaban J connectivity index is 1.88. The molecule has 3 aromatic rings. The zero-order valence-corrected chi connectivity index (χ0v) is 13.6. The van der Waals surface area contributed by atoms with Gasteiger partial charge in [-0.15, -0.1) is 5.10 Å². The SMILES string of the molecule is Nc1ncnn2c(Br)cc(-c3cnnn3C3CCCCC3)c12. The Labute approximate surface area is 135 Å². The molecule has 1 saturated carbocycles. The second-order valence-corrected chi connectivity index (χ2v) is 6.45. The van der Waals surface area contributed by atoms with E-state index in [0.29, 0.717) is 11.9 Å². The number of anilines is 1. The van der Waals surface area contributed by atoms with Gasteiger partial charge in [-0.2, -0.15) is 5.10 Å². The fourth-order valence-electron chi connectivity index (χ4n) is 3.26. The molecule has 1 fully saturated rings. The van der Waals surface area contributed by atoms with Crippen LogP contribution in [-0.4, -0.2) is 29.6 Å². The highest BCUT2D eigenvalue weighted by atomic mass is 79.9. The van der Waals surface area contributed by atoms with Crippen molar-refractivity contribution in [1.82, 2.24) is 29.6 Å². The molecular formula is C14H16BrN7. The van der Waals surface area contributed by atoms with Crippen LogP contribution in [0, 0.1) is 0 Å². The molecule has 1 aliphatic rings. The Morgan fingerprint density at radius 1 is 1.23 bits per heavy atom. The normalized spacial score (nSPS) is 16.4. The van der Waals surface area contributed by atoms with Crippen LogP contribution in [0.25, 0.3) is 16.8 Å². The summed E-state index contributed by atoms with van der Waals surface area (Å²) in [5.41, 5.74) is 8.78. The molecule has 0 atom stereocenters. The lowest BCUT2D eigenvalue weighted by Gasteiger charge is -2.23. The van der Waals surface area contributed by atoms with E-state index in [1.54, 1.807) is 10.7 Å². The highest BCUT2D eigenvalue weighted by Crippen LogP contribution is 2.35. The van der Waals surface area contributed by atoms with Crippen molar-refractivity contribution in [2.24, 2.45) is 0 Å². The number of aromatic nitrogens is 6. The van der Waals surface area contributed by atoms with E-state index in [9.17, 15) is 0 Å². The van der Waals surface area contributed by atoms with Crippen molar-refractivity contribution in [3.8, 4) is 11.3 Å². The van der Waals surface area contributed by atoms with Gasteiger partial charge >= 0.3 is 0 Å². The number of halogens is 1. The third-order valence-electron chi connectivity index (χ3n) is 4.31. The molecule has 0 aliphatic heterocycles. The molecule has 114 valence electrons. The first-order valence-corrected chi connectivity index (χ1v) is 8.23. The summed E-state index contributed by atoms with van der Waals surface area (Å²) in [7, 11) is 0. The predicted molar refractivity (Wildman–Crippen MR) is 86.2 cm³/mol. The third kappa shape index (κ3) is 2.09. The lowest BCUT2D eigenvalue weighted by Crippen LogP contribution is -2.15. The monoisotopic (exact) mass is 361 g/mol. The van der Waals surface area contributed by atoms with Crippen molar-refractivity contribution in [2.75, 3.05) is 5.73 Å². The second-order valence-electron chi connectivity index (χ2n) is 5.64. The second kappa shape index (κ2) is 5.35. The van der Waals surface area contributed by atoms with Crippen LogP contribution in [0.5, 0.6) is 0 Å². The summed E-state index contributed by atoms with van der Waals surface area (Å²) in [6.45, 7) is 0. The minimum Gasteiger partial charge on any atom is -0.382 e. The van der Waals surface area contributed by atoms with Gasteiger partial charge in [0, 0.05) is 5.56 Å². The molecular weight excluding hydrogens is 346 g/mol. The van der Waals surface area contributed by atoms with Crippen molar-refractivity contribution < 1.29 is 0 Å². The van der Waals surface area contributed by atoms with Crippen LogP contribution < -0.4 is 5.73 Å². The van der Waals surface area contributed by atoms with Gasteiger partial charge in [-0.3, -0.25) is 0 Å². The van der Waals surface area contributed by atoms with E-state index in [-0.39, 0.29) is 0 Å². The number of nitrogen functional groups attached to an aromatic ring is 1. The zero-order valence-electron chi connectivity index (χ0n) is 12.0. The molecule has 7 nitrogen and oxygen atoms in total. The molecule has 0 aromatic carbocycles. The molecule has 0 bridgehead atoms. The van der Waals surface area contributed by atoms with Gasteiger partial charge in [0.2, 0.25) is 0 Å². The molecule has 0 spiro atoms. The Morgan fingerprint density at radius 3 is 2.86 bits per heavy atom. The summed E-state index contributed by atoms with van der Waals surface area (Å²) >= 11 is 3.53. The van der Waals surface area contributed by atoms with Gasteiger partial charge in [-0.25, -0.2) is 14.2 Å². The maximum absolute atomic E-state index is 6.06. The fourth-order valence-corrected chi connectivity index (χ4v) is 3.75. The molecule has 4 rings (SSSR count). The molecule has 1 aliphatic carbocycles. The summed E-state index contributed by atoms with van der Waals surface area (Å²) < 4.78 is 4.62. The quantitative estimate of drug-likeness (QED) is 0.758. The van der Waals surface area contributed by atoms with E-state index >= 15 is 0 Å². The van der Waals surface area contributed by atoms with Crippen LogP contribution in [0.1, 0.15) is 38.1 Å². The van der Waals surface area contributed by atoms with Crippen molar-refractivity contribution in [3.05, 3.63) is 23.2 Å². The number of hydrogen-bond donors (Lipinski definition) is 1. The first-order chi connectivity index (χ1) is 10.8. The van der Waals surface area contributed by atoms with Gasteiger partial charge < -0.3 is 5.73 Å². The van der Waals surface area contributed by atoms with E-state index in [4.69, 9.17) is 5.73 Å². The number of hydrogen-bond acceptors (Lipinski definition) is 5. The van der Waals surface area contributed by atoms with Crippen molar-refractivity contribution >= 4 is 27.3 Å². The highest BCUT2D eigenvalue weighted by Gasteiger charge is 2.23. The Bertz CT molecular complexity index is 816. The minimum atomic E-state index is 0.408. The van der Waals surface area contributed by atoms with E-state index in [1.165, 1.54) is 25.6 Å². The van der Waals surface area contributed by atoms with Crippen LogP contribution in [-0.2, 0) is 0 Å². The van der Waals surface area contributed by atoms with Gasteiger partial charge in [0.15, 0.2) is 5.82 Å². The summed E-state index contributed by atoms with van der Waals surface area (Å²) in [4.78, 5) is 4.11. The molecule has 0 saturated heterocycles. The Kier molecular flexibility index (Phi) is 3.33. The fraction of sp³-hybridized carbons (Fsp3) is 0.429. The number of nitrogens with zero attached hydrogens (tertiary/aromatic N) is 6. The molecule has 3 aromatic heterocycles. The lowest BCUT2D eigenvalue weighted by molar-refractivity contribution is 0.327. The number of fused-ring (bicyclic) bond motifs is 1. The van der Waals surface area contributed by atoms with Crippen LogP contribution in [0.3, 0.4) is 0 Å². The average Bonchev–Trinajstić information content (AvgIpc) is 3.14. The summed E-state index contributed by atoms with van der Waals surface area (Å²) in [5, 5.41) is 12.7. The smallest absolute Gasteiger partial charge is 0.152 e. The number of nitrogens with two attached hydrogens (primary N) is 1. The summed E-state index contributed by atoms with van der Waals surface area (Å²) in [6.07, 6.45) is 9.34. The molecule has 0 radical (unpaired) electrons. The minimum absolute atomic E-state index is 0.408. The predicted octanol–water partition coefficient (Wildman–Crippen LogP) is 2.84. The zero-order chi connectivity index (χ0) is 15.1. The van der Waals surface area contributed by atoms with Crippen LogP contribution in [0.15, 0.2) is 23.2 Å². The third-order valence-corrected chi connectivity index (χ3v) is 4.88. The molecule has 22 heavy (non-hydrogen) atoms. The largest absolute Gasteiger partial charge is 0.382 e. The van der Waals surface area contributed by atoms with Gasteiger partial charge in [0.1, 0.15) is 16.4 Å². The van der Waals surface area contributed by atoms with Gasteiger partial charge in [-0.1, -0.05) is 24.5 Å². The van der Waals surface area contributed by atoms with Gasteiger partial charge in [0.05, 0.1) is 17.9 Å². The Hall–Kier alpha value is -1.96. The van der Waals surface area contributed by atoms with Crippen molar-refractivity contribution in [1.29, 1.82) is 0 Å². The molecule has 2 N–H and O–H groups in total. The van der Waals surface area contributed by atoms with E-state index in [2.05, 4.69) is 36.3 Å². The first-order valence-electron chi connectivity index (χ1n) is 7.44. The summed E-state index contributed by atoms with van der Waals surface area (Å²) in [5.74, 6) is 0.451. The van der Waals surface area contributed by atoms with Gasteiger partial charge in [-0.05, 0) is 34.8 Å². The Morgan fingerprint density at radius 2 is 2.05 bits per heavy atom. The molecule has 3 heterocycles. The highest BCUT2D eigenvalue weighted by molar-refractivity contribution is 9.10. The van der Waals surface area contributed by atoms with Crippen molar-refractivity contribution in [3.63, 3.8) is 0 Å². The molecule has 8 heteroatoms. The lowest BCUT2D eigenvalue weighted by atomic mass is 9.95. The maximum Gasteiger partial charge on any atom is 0.152 e. The van der Waals surface area contributed by atoms with E-state index in [0.717, 1.165) is 34.2 Å². The maximum atomic E-state index is 6.06. The standard InChI is InChI=1S/C14H16BrN7/c15-12-6-10(13-14(16)17-8-19-22(12)13)11-7-18-20-21(11)9-4-2-1-3-5-9/h6-9H,1-5H2,(H2,16,17,19). The van der Waals surface area contributed by atoms with E-state index < -0.39 is 0 Å². The van der Waals surface area contributed by atoms with Gasteiger partial charge in [0.25, 0.3) is 0 Å². The molecule has 0 amide bonds. The van der Waals surface area contributed by atoms with E-state index in [1.807, 2.05) is 10.7 Å².